The molecule has 0 aliphatic carbocycles. The van der Waals surface area contributed by atoms with Gasteiger partial charge in [-0.3, -0.25) is 0 Å². The summed E-state index contributed by atoms with van der Waals surface area (Å²) in [4.78, 5) is 27.0. The van der Waals surface area contributed by atoms with E-state index in [9.17, 15) is 9.59 Å². The number of aliphatic carboxylic acids is 1. The normalized spacial score (nSPS) is 24.9. The second-order valence-corrected chi connectivity index (χ2v) is 5.75. The molecule has 2 aliphatic heterocycles. The van der Waals surface area contributed by atoms with E-state index in [4.69, 9.17) is 5.11 Å². The van der Waals surface area contributed by atoms with Gasteiger partial charge in [0.2, 0.25) is 0 Å². The zero-order valence-electron chi connectivity index (χ0n) is 12.2. The van der Waals surface area contributed by atoms with Crippen molar-refractivity contribution in [3.05, 3.63) is 0 Å². The second-order valence-electron chi connectivity index (χ2n) is 5.75. The van der Waals surface area contributed by atoms with Crippen molar-refractivity contribution in [1.29, 1.82) is 0 Å². The van der Waals surface area contributed by atoms with E-state index in [-0.39, 0.29) is 6.03 Å². The van der Waals surface area contributed by atoms with E-state index in [0.717, 1.165) is 38.9 Å². The number of carboxylic acids is 1. The number of likely N-dealkylation sites (tertiary alicyclic amines) is 2. The maximum absolute atomic E-state index is 12.1. The van der Waals surface area contributed by atoms with Crippen molar-refractivity contribution < 1.29 is 14.7 Å². The average molecular weight is 283 g/mol. The SMILES string of the molecule is CCN1CCC(CNC(=O)N2CCC[C@@H]2C(=O)O)CC1. The Morgan fingerprint density at radius 3 is 2.50 bits per heavy atom. The maximum atomic E-state index is 12.1. The van der Waals surface area contributed by atoms with Gasteiger partial charge in [-0.1, -0.05) is 6.92 Å². The van der Waals surface area contributed by atoms with Crippen LogP contribution in [-0.2, 0) is 4.79 Å². The summed E-state index contributed by atoms with van der Waals surface area (Å²) in [7, 11) is 0. The number of nitrogens with zero attached hydrogens (tertiary/aromatic N) is 2. The van der Waals surface area contributed by atoms with Crippen molar-refractivity contribution in [3.63, 3.8) is 0 Å². The van der Waals surface area contributed by atoms with Crippen LogP contribution >= 0.6 is 0 Å². The standard InChI is InChI=1S/C14H25N3O3/c1-2-16-8-5-11(6-9-16)10-15-14(20)17-7-3-4-12(17)13(18)19/h11-12H,2-10H2,1H3,(H,15,20)(H,18,19)/t12-/m1/s1. The summed E-state index contributed by atoms with van der Waals surface area (Å²) in [5.41, 5.74) is 0. The van der Waals surface area contributed by atoms with Gasteiger partial charge in [-0.2, -0.15) is 0 Å². The minimum atomic E-state index is -0.895. The summed E-state index contributed by atoms with van der Waals surface area (Å²) in [5.74, 6) is -0.374. The highest BCUT2D eigenvalue weighted by molar-refractivity contribution is 5.83. The lowest BCUT2D eigenvalue weighted by Gasteiger charge is -2.31. The molecule has 2 rings (SSSR count). The van der Waals surface area contributed by atoms with E-state index in [1.807, 2.05) is 0 Å². The Morgan fingerprint density at radius 2 is 1.90 bits per heavy atom. The number of rotatable bonds is 4. The molecule has 0 radical (unpaired) electrons. The van der Waals surface area contributed by atoms with E-state index in [1.54, 1.807) is 0 Å². The molecule has 0 unspecified atom stereocenters. The molecule has 2 fully saturated rings. The van der Waals surface area contributed by atoms with Crippen LogP contribution in [0.15, 0.2) is 0 Å². The average Bonchev–Trinajstić information content (AvgIpc) is 2.95. The third-order valence-corrected chi connectivity index (χ3v) is 4.50. The molecule has 2 heterocycles. The molecule has 20 heavy (non-hydrogen) atoms. The van der Waals surface area contributed by atoms with E-state index in [0.29, 0.717) is 25.4 Å². The molecular weight excluding hydrogens is 258 g/mol. The zero-order chi connectivity index (χ0) is 14.5. The van der Waals surface area contributed by atoms with E-state index in [2.05, 4.69) is 17.1 Å². The molecule has 2 aliphatic rings. The lowest BCUT2D eigenvalue weighted by molar-refractivity contribution is -0.141. The van der Waals surface area contributed by atoms with Crippen LogP contribution in [0.25, 0.3) is 0 Å². The van der Waals surface area contributed by atoms with Crippen LogP contribution in [0.1, 0.15) is 32.6 Å². The highest BCUT2D eigenvalue weighted by Crippen LogP contribution is 2.19. The number of hydrogen-bond donors (Lipinski definition) is 2. The number of urea groups is 1. The van der Waals surface area contributed by atoms with Gasteiger partial charge in [-0.05, 0) is 51.2 Å². The zero-order valence-corrected chi connectivity index (χ0v) is 12.2. The number of carbonyl (C=O) groups is 2. The first-order valence-corrected chi connectivity index (χ1v) is 7.61. The quantitative estimate of drug-likeness (QED) is 0.806. The Morgan fingerprint density at radius 1 is 1.20 bits per heavy atom. The molecule has 2 N–H and O–H groups in total. The molecule has 2 saturated heterocycles. The van der Waals surface area contributed by atoms with Crippen LogP contribution in [0.4, 0.5) is 4.79 Å². The molecule has 0 saturated carbocycles. The summed E-state index contributed by atoms with van der Waals surface area (Å²) in [6.45, 7) is 6.67. The van der Waals surface area contributed by atoms with Crippen molar-refractivity contribution >= 4 is 12.0 Å². The predicted molar refractivity (Wildman–Crippen MR) is 75.6 cm³/mol. The smallest absolute Gasteiger partial charge is 0.326 e. The summed E-state index contributed by atoms with van der Waals surface area (Å²) < 4.78 is 0. The Hall–Kier alpha value is -1.30. The molecule has 0 bridgehead atoms. The third kappa shape index (κ3) is 3.62. The van der Waals surface area contributed by atoms with Crippen molar-refractivity contribution in [2.75, 3.05) is 32.7 Å². The fraction of sp³-hybridized carbons (Fsp3) is 0.857. The van der Waals surface area contributed by atoms with E-state index < -0.39 is 12.0 Å². The fourth-order valence-corrected chi connectivity index (χ4v) is 3.11. The Kier molecular flexibility index (Phi) is 5.23. The Bertz CT molecular complexity index is 354. The number of nitrogens with one attached hydrogen (secondary N) is 1. The van der Waals surface area contributed by atoms with Crippen molar-refractivity contribution in [3.8, 4) is 0 Å². The molecule has 114 valence electrons. The molecular formula is C14H25N3O3. The topological polar surface area (TPSA) is 72.9 Å². The number of amides is 2. The molecule has 2 amide bonds. The van der Waals surface area contributed by atoms with E-state index >= 15 is 0 Å². The highest BCUT2D eigenvalue weighted by Gasteiger charge is 2.34. The fourth-order valence-electron chi connectivity index (χ4n) is 3.11. The van der Waals surface area contributed by atoms with Crippen LogP contribution in [0.3, 0.4) is 0 Å². The van der Waals surface area contributed by atoms with Gasteiger partial charge in [0.1, 0.15) is 6.04 Å². The van der Waals surface area contributed by atoms with Crippen LogP contribution < -0.4 is 5.32 Å². The second kappa shape index (κ2) is 6.92. The van der Waals surface area contributed by atoms with Crippen molar-refractivity contribution in [1.82, 2.24) is 15.1 Å². The lowest BCUT2D eigenvalue weighted by atomic mass is 9.97. The minimum absolute atomic E-state index is 0.215. The molecule has 0 aromatic rings. The molecule has 6 heteroatoms. The molecule has 0 spiro atoms. The number of hydrogen-bond acceptors (Lipinski definition) is 3. The van der Waals surface area contributed by atoms with Gasteiger partial charge in [0.05, 0.1) is 0 Å². The summed E-state index contributed by atoms with van der Waals surface area (Å²) in [6, 6.07) is -0.857. The molecule has 6 nitrogen and oxygen atoms in total. The summed E-state index contributed by atoms with van der Waals surface area (Å²) >= 11 is 0. The van der Waals surface area contributed by atoms with Crippen molar-refractivity contribution in [2.45, 2.75) is 38.6 Å². The Labute approximate surface area is 120 Å². The minimum Gasteiger partial charge on any atom is -0.480 e. The van der Waals surface area contributed by atoms with E-state index in [1.165, 1.54) is 4.90 Å². The van der Waals surface area contributed by atoms with Gasteiger partial charge in [-0.25, -0.2) is 9.59 Å². The van der Waals surface area contributed by atoms with Gasteiger partial charge in [0.15, 0.2) is 0 Å². The number of carboxylic acid groups (broad SMARTS) is 1. The van der Waals surface area contributed by atoms with Crippen LogP contribution in [0.5, 0.6) is 0 Å². The van der Waals surface area contributed by atoms with Gasteiger partial charge in [-0.15, -0.1) is 0 Å². The van der Waals surface area contributed by atoms with Gasteiger partial charge >= 0.3 is 12.0 Å². The maximum Gasteiger partial charge on any atom is 0.326 e. The van der Waals surface area contributed by atoms with Crippen LogP contribution in [-0.4, -0.2) is 65.7 Å². The predicted octanol–water partition coefficient (Wildman–Crippen LogP) is 0.977. The van der Waals surface area contributed by atoms with Gasteiger partial charge in [0, 0.05) is 13.1 Å². The molecule has 0 aromatic carbocycles. The van der Waals surface area contributed by atoms with Crippen LogP contribution in [0.2, 0.25) is 0 Å². The monoisotopic (exact) mass is 283 g/mol. The lowest BCUT2D eigenvalue weighted by Crippen LogP contribution is -2.47. The van der Waals surface area contributed by atoms with Crippen molar-refractivity contribution in [2.24, 2.45) is 5.92 Å². The summed E-state index contributed by atoms with van der Waals surface area (Å²) in [6.07, 6.45) is 3.56. The van der Waals surface area contributed by atoms with Gasteiger partial charge in [0.25, 0.3) is 0 Å². The summed E-state index contributed by atoms with van der Waals surface area (Å²) in [5, 5.41) is 12.0. The first kappa shape index (κ1) is 15.1. The van der Waals surface area contributed by atoms with Crippen LogP contribution in [0, 0.1) is 5.92 Å². The first-order valence-electron chi connectivity index (χ1n) is 7.61. The largest absolute Gasteiger partial charge is 0.480 e. The number of carbonyl (C=O) groups excluding carboxylic acids is 1. The Balaban J connectivity index is 1.74. The first-order chi connectivity index (χ1) is 9.61. The van der Waals surface area contributed by atoms with Gasteiger partial charge < -0.3 is 20.2 Å². The molecule has 1 atom stereocenters. The third-order valence-electron chi connectivity index (χ3n) is 4.50. The highest BCUT2D eigenvalue weighted by atomic mass is 16.4. The number of piperidine rings is 1. The molecule has 0 aromatic heterocycles.